The maximum absolute atomic E-state index is 10.9. The SMILES string of the molecule is O=C(O)c1ccc(CN2CCc3c(Cl)cc(Cl)c(O)c3C2)cc1O. The van der Waals surface area contributed by atoms with Crippen molar-refractivity contribution in [3.8, 4) is 11.5 Å². The lowest BCUT2D eigenvalue weighted by molar-refractivity contribution is 0.0693. The van der Waals surface area contributed by atoms with Crippen molar-refractivity contribution in [1.82, 2.24) is 4.90 Å². The molecule has 2 aromatic carbocycles. The van der Waals surface area contributed by atoms with E-state index in [9.17, 15) is 15.0 Å². The van der Waals surface area contributed by atoms with Crippen LogP contribution in [-0.2, 0) is 19.5 Å². The summed E-state index contributed by atoms with van der Waals surface area (Å²) in [6.07, 6.45) is 0.679. The molecule has 0 atom stereocenters. The minimum atomic E-state index is -1.17. The van der Waals surface area contributed by atoms with Crippen LogP contribution in [0.4, 0.5) is 0 Å². The number of halogens is 2. The van der Waals surface area contributed by atoms with Gasteiger partial charge in [0.2, 0.25) is 0 Å². The van der Waals surface area contributed by atoms with Gasteiger partial charge in [-0.2, -0.15) is 0 Å². The van der Waals surface area contributed by atoms with Crippen molar-refractivity contribution in [2.24, 2.45) is 0 Å². The fourth-order valence-electron chi connectivity index (χ4n) is 2.96. The molecule has 0 bridgehead atoms. The summed E-state index contributed by atoms with van der Waals surface area (Å²) in [5.74, 6) is -1.38. The van der Waals surface area contributed by atoms with E-state index in [1.54, 1.807) is 12.1 Å². The highest BCUT2D eigenvalue weighted by Crippen LogP contribution is 2.38. The number of carboxylic acids is 1. The first kappa shape index (κ1) is 16.9. The number of nitrogens with zero attached hydrogens (tertiary/aromatic N) is 1. The molecule has 0 fully saturated rings. The Kier molecular flexibility index (Phi) is 4.58. The van der Waals surface area contributed by atoms with Gasteiger partial charge in [-0.05, 0) is 35.7 Å². The third-order valence-electron chi connectivity index (χ3n) is 4.18. The summed E-state index contributed by atoms with van der Waals surface area (Å²) in [5, 5.41) is 29.7. The van der Waals surface area contributed by atoms with Crippen molar-refractivity contribution in [3.05, 3.63) is 56.6 Å². The molecule has 3 rings (SSSR count). The highest BCUT2D eigenvalue weighted by Gasteiger charge is 2.23. The minimum absolute atomic E-state index is 0.0461. The van der Waals surface area contributed by atoms with E-state index in [0.717, 1.165) is 17.7 Å². The summed E-state index contributed by atoms with van der Waals surface area (Å²) in [4.78, 5) is 13.0. The van der Waals surface area contributed by atoms with E-state index in [1.807, 2.05) is 0 Å². The number of benzene rings is 2. The largest absolute Gasteiger partial charge is 0.507 e. The van der Waals surface area contributed by atoms with E-state index in [-0.39, 0.29) is 22.1 Å². The molecule has 5 nitrogen and oxygen atoms in total. The predicted octanol–water partition coefficient (Wildman–Crippen LogP) is 3.66. The van der Waals surface area contributed by atoms with Gasteiger partial charge in [0.15, 0.2) is 0 Å². The normalized spacial score (nSPS) is 14.4. The van der Waals surface area contributed by atoms with Gasteiger partial charge in [0.25, 0.3) is 0 Å². The zero-order valence-corrected chi connectivity index (χ0v) is 14.1. The van der Waals surface area contributed by atoms with E-state index in [1.165, 1.54) is 12.1 Å². The number of phenolic OH excluding ortho intramolecular Hbond substituents is 1. The highest BCUT2D eigenvalue weighted by atomic mass is 35.5. The van der Waals surface area contributed by atoms with Gasteiger partial charge < -0.3 is 15.3 Å². The van der Waals surface area contributed by atoms with Gasteiger partial charge in [-0.3, -0.25) is 4.90 Å². The molecule has 2 aromatic rings. The van der Waals surface area contributed by atoms with E-state index >= 15 is 0 Å². The van der Waals surface area contributed by atoms with Crippen molar-refractivity contribution < 1.29 is 20.1 Å². The summed E-state index contributed by atoms with van der Waals surface area (Å²) in [5.41, 5.74) is 2.27. The van der Waals surface area contributed by atoms with Gasteiger partial charge in [-0.15, -0.1) is 0 Å². The number of aromatic hydroxyl groups is 2. The fourth-order valence-corrected chi connectivity index (χ4v) is 3.56. The Morgan fingerprint density at radius 1 is 1.12 bits per heavy atom. The summed E-state index contributed by atoms with van der Waals surface area (Å²) >= 11 is 12.2. The van der Waals surface area contributed by atoms with Gasteiger partial charge >= 0.3 is 5.97 Å². The van der Waals surface area contributed by atoms with Crippen molar-refractivity contribution in [3.63, 3.8) is 0 Å². The molecule has 0 amide bonds. The van der Waals surface area contributed by atoms with Crippen molar-refractivity contribution in [2.45, 2.75) is 19.5 Å². The van der Waals surface area contributed by atoms with E-state index in [2.05, 4.69) is 4.90 Å². The molecule has 1 aliphatic heterocycles. The molecule has 0 aliphatic carbocycles. The summed E-state index contributed by atoms with van der Waals surface area (Å²) in [6.45, 7) is 1.72. The first-order valence-electron chi connectivity index (χ1n) is 7.33. The highest BCUT2D eigenvalue weighted by molar-refractivity contribution is 6.36. The van der Waals surface area contributed by atoms with Crippen molar-refractivity contribution >= 4 is 29.2 Å². The summed E-state index contributed by atoms with van der Waals surface area (Å²) in [7, 11) is 0. The zero-order valence-electron chi connectivity index (χ0n) is 12.6. The van der Waals surface area contributed by atoms with Crippen LogP contribution in [0, 0.1) is 0 Å². The van der Waals surface area contributed by atoms with Gasteiger partial charge in [-0.1, -0.05) is 29.3 Å². The monoisotopic (exact) mass is 367 g/mol. The number of aromatic carboxylic acids is 1. The number of hydrogen-bond acceptors (Lipinski definition) is 4. The Labute approximate surface area is 148 Å². The number of hydrogen-bond donors (Lipinski definition) is 3. The first-order chi connectivity index (χ1) is 11.4. The minimum Gasteiger partial charge on any atom is -0.507 e. The molecular weight excluding hydrogens is 353 g/mol. The van der Waals surface area contributed by atoms with E-state index < -0.39 is 5.97 Å². The lowest BCUT2D eigenvalue weighted by Crippen LogP contribution is -2.30. The second-order valence-electron chi connectivity index (χ2n) is 5.76. The quantitative estimate of drug-likeness (QED) is 0.771. The Bertz CT molecular complexity index is 823. The Balaban J connectivity index is 1.82. The first-order valence-corrected chi connectivity index (χ1v) is 8.08. The Hall–Kier alpha value is -1.95. The summed E-state index contributed by atoms with van der Waals surface area (Å²) < 4.78 is 0. The second-order valence-corrected chi connectivity index (χ2v) is 6.58. The number of fused-ring (bicyclic) bond motifs is 1. The zero-order chi connectivity index (χ0) is 17.4. The number of carbonyl (C=O) groups is 1. The van der Waals surface area contributed by atoms with Crippen LogP contribution in [0.3, 0.4) is 0 Å². The third kappa shape index (κ3) is 3.15. The molecule has 0 spiro atoms. The lowest BCUT2D eigenvalue weighted by atomic mass is 9.98. The molecule has 3 N–H and O–H groups in total. The Morgan fingerprint density at radius 2 is 1.88 bits per heavy atom. The molecule has 1 heterocycles. The lowest BCUT2D eigenvalue weighted by Gasteiger charge is -2.30. The Morgan fingerprint density at radius 3 is 2.54 bits per heavy atom. The van der Waals surface area contributed by atoms with Crippen LogP contribution < -0.4 is 0 Å². The molecule has 1 aliphatic rings. The smallest absolute Gasteiger partial charge is 0.339 e. The standard InChI is InChI=1S/C17H15Cl2NO4/c18-13-6-14(19)16(22)12-8-20(4-3-10(12)13)7-9-1-2-11(17(23)24)15(21)5-9/h1-2,5-6,21-22H,3-4,7-8H2,(H,23,24). The van der Waals surface area contributed by atoms with Crippen LogP contribution in [0.15, 0.2) is 24.3 Å². The van der Waals surface area contributed by atoms with Gasteiger partial charge in [-0.25, -0.2) is 4.79 Å². The predicted molar refractivity (Wildman–Crippen MR) is 91.0 cm³/mol. The topological polar surface area (TPSA) is 81.0 Å². The maximum Gasteiger partial charge on any atom is 0.339 e. The average Bonchev–Trinajstić information content (AvgIpc) is 2.52. The van der Waals surface area contributed by atoms with Crippen molar-refractivity contribution in [2.75, 3.05) is 6.54 Å². The summed E-state index contributed by atoms with van der Waals surface area (Å²) in [6, 6.07) is 6.05. The molecule has 24 heavy (non-hydrogen) atoms. The van der Waals surface area contributed by atoms with Crippen LogP contribution in [0.1, 0.15) is 27.0 Å². The molecule has 0 radical (unpaired) electrons. The molecular formula is C17H15Cl2NO4. The number of phenols is 2. The third-order valence-corrected chi connectivity index (χ3v) is 4.80. The number of carboxylic acid groups (broad SMARTS) is 1. The molecule has 0 unspecified atom stereocenters. The average molecular weight is 368 g/mol. The van der Waals surface area contributed by atoms with Gasteiger partial charge in [0, 0.05) is 30.2 Å². The van der Waals surface area contributed by atoms with Crippen LogP contribution in [0.2, 0.25) is 10.0 Å². The van der Waals surface area contributed by atoms with E-state index in [0.29, 0.717) is 30.1 Å². The number of rotatable bonds is 3. The van der Waals surface area contributed by atoms with Gasteiger partial charge in [0.05, 0.1) is 5.02 Å². The van der Waals surface area contributed by atoms with Crippen molar-refractivity contribution in [1.29, 1.82) is 0 Å². The molecule has 126 valence electrons. The van der Waals surface area contributed by atoms with Crippen LogP contribution in [0.25, 0.3) is 0 Å². The van der Waals surface area contributed by atoms with Crippen LogP contribution >= 0.6 is 23.2 Å². The van der Waals surface area contributed by atoms with Crippen LogP contribution in [0.5, 0.6) is 11.5 Å². The second kappa shape index (κ2) is 6.51. The molecule has 0 saturated carbocycles. The van der Waals surface area contributed by atoms with E-state index in [4.69, 9.17) is 28.3 Å². The molecule has 0 aromatic heterocycles. The molecule has 7 heteroatoms. The van der Waals surface area contributed by atoms with Crippen LogP contribution in [-0.4, -0.2) is 32.7 Å². The fraction of sp³-hybridized carbons (Fsp3) is 0.235. The van der Waals surface area contributed by atoms with Gasteiger partial charge in [0.1, 0.15) is 17.1 Å². The molecule has 0 saturated heterocycles. The maximum atomic E-state index is 10.9.